The third kappa shape index (κ3) is 5.33. The van der Waals surface area contributed by atoms with Crippen LogP contribution in [0.5, 0.6) is 0 Å². The number of hydrogen-bond donors (Lipinski definition) is 1. The van der Waals surface area contributed by atoms with Crippen molar-refractivity contribution < 1.29 is 14.6 Å². The summed E-state index contributed by atoms with van der Waals surface area (Å²) in [7, 11) is 0. The molecule has 0 bridgehead atoms. The highest BCUT2D eigenvalue weighted by Gasteiger charge is 2.36. The molecule has 0 spiro atoms. The molecule has 0 radical (unpaired) electrons. The number of nitrogens with zero attached hydrogens (tertiary/aromatic N) is 4. The maximum absolute atomic E-state index is 12.0. The number of likely N-dealkylation sites (tertiary alicyclic amines) is 1. The minimum Gasteiger partial charge on any atom is -0.374 e. The SMILES string of the molecule is C=CC(O)OCC1CCN(C2=C(C#N)/C(=C(/C#N)C(=O)C#N)CC(C)(C)C2)CC1. The molecule has 1 aliphatic carbocycles. The Balaban J connectivity index is 2.31. The van der Waals surface area contributed by atoms with Crippen molar-refractivity contribution in [3.63, 3.8) is 0 Å². The van der Waals surface area contributed by atoms with Gasteiger partial charge in [-0.3, -0.25) is 4.79 Å². The lowest BCUT2D eigenvalue weighted by Crippen LogP contribution is -2.38. The van der Waals surface area contributed by atoms with E-state index in [0.717, 1.165) is 31.6 Å². The Bertz CT molecular complexity index is 856. The molecule has 0 aromatic carbocycles. The van der Waals surface area contributed by atoms with Crippen LogP contribution in [0, 0.1) is 45.3 Å². The van der Waals surface area contributed by atoms with Gasteiger partial charge in [0.25, 0.3) is 5.78 Å². The average molecular weight is 394 g/mol. The lowest BCUT2D eigenvalue weighted by atomic mass is 9.72. The molecule has 0 saturated carbocycles. The molecule has 2 aliphatic rings. The summed E-state index contributed by atoms with van der Waals surface area (Å²) in [6, 6.07) is 5.54. The first-order valence-corrected chi connectivity index (χ1v) is 9.64. The number of hydrogen-bond acceptors (Lipinski definition) is 7. The fourth-order valence-corrected chi connectivity index (χ4v) is 3.94. The normalized spacial score (nSPS) is 22.1. The summed E-state index contributed by atoms with van der Waals surface area (Å²) < 4.78 is 5.33. The number of aliphatic hydroxyl groups excluding tert-OH is 1. The van der Waals surface area contributed by atoms with Gasteiger partial charge in [-0.2, -0.15) is 15.8 Å². The van der Waals surface area contributed by atoms with Gasteiger partial charge in [-0.25, -0.2) is 0 Å². The molecule has 0 aromatic heterocycles. The number of nitriles is 3. The number of piperidine rings is 1. The number of rotatable bonds is 6. The van der Waals surface area contributed by atoms with E-state index in [-0.39, 0.29) is 11.0 Å². The summed E-state index contributed by atoms with van der Waals surface area (Å²) in [6.45, 7) is 9.43. The van der Waals surface area contributed by atoms with Crippen LogP contribution in [0.3, 0.4) is 0 Å². The van der Waals surface area contributed by atoms with E-state index in [1.165, 1.54) is 12.1 Å². The largest absolute Gasteiger partial charge is 0.374 e. The van der Waals surface area contributed by atoms with Crippen molar-refractivity contribution >= 4 is 5.78 Å². The number of carbonyl (C=O) groups is 1. The molecule has 2 rings (SSSR count). The second kappa shape index (κ2) is 9.52. The summed E-state index contributed by atoms with van der Waals surface area (Å²) >= 11 is 0. The van der Waals surface area contributed by atoms with Gasteiger partial charge in [-0.15, -0.1) is 0 Å². The Kier molecular flexibility index (Phi) is 7.35. The molecular weight excluding hydrogens is 368 g/mol. The number of ether oxygens (including phenoxy) is 1. The van der Waals surface area contributed by atoms with E-state index in [2.05, 4.69) is 17.5 Å². The minimum atomic E-state index is -0.963. The van der Waals surface area contributed by atoms with Crippen molar-refractivity contribution in [2.75, 3.05) is 19.7 Å². The van der Waals surface area contributed by atoms with E-state index >= 15 is 0 Å². The third-order valence-corrected chi connectivity index (χ3v) is 5.45. The molecule has 7 heteroatoms. The molecule has 29 heavy (non-hydrogen) atoms. The van der Waals surface area contributed by atoms with Crippen molar-refractivity contribution in [2.24, 2.45) is 11.3 Å². The molecular formula is C22H26N4O3. The first kappa shape index (κ1) is 22.4. The molecule has 1 unspecified atom stereocenters. The zero-order chi connectivity index (χ0) is 21.6. The molecule has 1 aliphatic heterocycles. The van der Waals surface area contributed by atoms with Crippen molar-refractivity contribution in [3.8, 4) is 18.2 Å². The van der Waals surface area contributed by atoms with Crippen LogP contribution in [0.2, 0.25) is 0 Å². The summed E-state index contributed by atoms with van der Waals surface area (Å²) in [5.74, 6) is -0.600. The molecule has 0 amide bonds. The van der Waals surface area contributed by atoms with Crippen LogP contribution >= 0.6 is 0 Å². The molecule has 152 valence electrons. The van der Waals surface area contributed by atoms with Crippen LogP contribution in [0.1, 0.15) is 39.5 Å². The standard InChI is InChI=1S/C22H26N4O3/c1-4-21(28)29-14-15-5-7-26(8-6-15)19-10-22(2,3)9-16(17(19)11-23)18(12-24)20(27)13-25/h4,15,21,28H,1,5-10,14H2,2-3H3/b18-16-. The first-order valence-electron chi connectivity index (χ1n) is 9.64. The van der Waals surface area contributed by atoms with E-state index in [0.29, 0.717) is 36.5 Å². The highest BCUT2D eigenvalue weighted by molar-refractivity contribution is 6.11. The number of aliphatic hydroxyl groups is 1. The summed E-state index contributed by atoms with van der Waals surface area (Å²) in [5.41, 5.74) is 1.10. The second-order valence-electron chi connectivity index (χ2n) is 8.25. The molecule has 0 aromatic rings. The van der Waals surface area contributed by atoms with Gasteiger partial charge in [0, 0.05) is 18.8 Å². The first-order chi connectivity index (χ1) is 13.8. The summed E-state index contributed by atoms with van der Waals surface area (Å²) in [6.07, 6.45) is 3.12. The van der Waals surface area contributed by atoms with E-state index in [1.807, 2.05) is 19.9 Å². The average Bonchev–Trinajstić information content (AvgIpc) is 2.71. The Morgan fingerprint density at radius 3 is 2.48 bits per heavy atom. The second-order valence-corrected chi connectivity index (χ2v) is 8.25. The molecule has 1 saturated heterocycles. The number of allylic oxidation sites excluding steroid dienone is 4. The topological polar surface area (TPSA) is 121 Å². The lowest BCUT2D eigenvalue weighted by Gasteiger charge is -2.41. The van der Waals surface area contributed by atoms with Crippen molar-refractivity contribution in [2.45, 2.75) is 45.8 Å². The van der Waals surface area contributed by atoms with Crippen LogP contribution in [-0.2, 0) is 9.53 Å². The Labute approximate surface area is 171 Å². The van der Waals surface area contributed by atoms with Gasteiger partial charge < -0.3 is 14.7 Å². The zero-order valence-corrected chi connectivity index (χ0v) is 16.9. The van der Waals surface area contributed by atoms with Gasteiger partial charge in [-0.1, -0.05) is 20.4 Å². The molecule has 7 nitrogen and oxygen atoms in total. The predicted octanol–water partition coefficient (Wildman–Crippen LogP) is 2.73. The van der Waals surface area contributed by atoms with Crippen LogP contribution < -0.4 is 0 Å². The summed E-state index contributed by atoms with van der Waals surface area (Å²) in [4.78, 5) is 14.1. The number of Topliss-reactive ketones (excluding diaryl/α,β-unsaturated/α-hetero) is 1. The molecule has 1 N–H and O–H groups in total. The monoisotopic (exact) mass is 394 g/mol. The third-order valence-electron chi connectivity index (χ3n) is 5.45. The van der Waals surface area contributed by atoms with E-state index < -0.39 is 12.1 Å². The van der Waals surface area contributed by atoms with Crippen LogP contribution in [-0.4, -0.2) is 41.8 Å². The fraction of sp³-hybridized carbons (Fsp3) is 0.545. The zero-order valence-electron chi connectivity index (χ0n) is 16.9. The number of ketones is 1. The van der Waals surface area contributed by atoms with Gasteiger partial charge in [-0.05, 0) is 48.7 Å². The quantitative estimate of drug-likeness (QED) is 0.242. The van der Waals surface area contributed by atoms with Gasteiger partial charge in [0.1, 0.15) is 23.8 Å². The molecule has 1 fully saturated rings. The molecule has 1 atom stereocenters. The van der Waals surface area contributed by atoms with E-state index in [9.17, 15) is 20.4 Å². The van der Waals surface area contributed by atoms with Gasteiger partial charge in [0.05, 0.1) is 12.2 Å². The van der Waals surface area contributed by atoms with Gasteiger partial charge in [0.2, 0.25) is 0 Å². The maximum Gasteiger partial charge on any atom is 0.273 e. The highest BCUT2D eigenvalue weighted by atomic mass is 16.6. The van der Waals surface area contributed by atoms with E-state index in [4.69, 9.17) is 10.00 Å². The summed E-state index contributed by atoms with van der Waals surface area (Å²) in [5, 5.41) is 37.7. The van der Waals surface area contributed by atoms with Crippen molar-refractivity contribution in [3.05, 3.63) is 35.1 Å². The Morgan fingerprint density at radius 1 is 1.31 bits per heavy atom. The number of carbonyl (C=O) groups excluding carboxylic acids is 1. The van der Waals surface area contributed by atoms with Crippen LogP contribution in [0.4, 0.5) is 0 Å². The fourth-order valence-electron chi connectivity index (χ4n) is 3.94. The van der Waals surface area contributed by atoms with Crippen LogP contribution in [0.25, 0.3) is 0 Å². The maximum atomic E-state index is 12.0. The smallest absolute Gasteiger partial charge is 0.273 e. The Hall–Kier alpha value is -2.92. The predicted molar refractivity (Wildman–Crippen MR) is 105 cm³/mol. The molecule has 1 heterocycles. The Morgan fingerprint density at radius 2 is 1.97 bits per heavy atom. The van der Waals surface area contributed by atoms with Crippen LogP contribution in [0.15, 0.2) is 35.1 Å². The highest BCUT2D eigenvalue weighted by Crippen LogP contribution is 2.44. The van der Waals surface area contributed by atoms with Gasteiger partial charge in [0.15, 0.2) is 6.29 Å². The lowest BCUT2D eigenvalue weighted by molar-refractivity contribution is -0.110. The van der Waals surface area contributed by atoms with Crippen molar-refractivity contribution in [1.82, 2.24) is 4.90 Å². The van der Waals surface area contributed by atoms with Crippen molar-refractivity contribution in [1.29, 1.82) is 15.8 Å². The minimum absolute atomic E-state index is 0.226. The van der Waals surface area contributed by atoms with Gasteiger partial charge >= 0.3 is 0 Å². The van der Waals surface area contributed by atoms with E-state index in [1.54, 1.807) is 0 Å².